The van der Waals surface area contributed by atoms with Crippen LogP contribution in [0.2, 0.25) is 0 Å². The monoisotopic (exact) mass is 492 g/mol. The number of rotatable bonds is 5. The van der Waals surface area contributed by atoms with Gasteiger partial charge in [-0.2, -0.15) is 0 Å². The quantitative estimate of drug-likeness (QED) is 0.535. The van der Waals surface area contributed by atoms with E-state index in [1.54, 1.807) is 24.4 Å². The number of amides is 1. The first-order chi connectivity index (χ1) is 16.4. The normalized spacial score (nSPS) is 18.0. The molecule has 7 nitrogen and oxygen atoms in total. The number of nitrogens with zero attached hydrogens (tertiary/aromatic N) is 3. The molecule has 0 saturated heterocycles. The zero-order valence-corrected chi connectivity index (χ0v) is 20.3. The first-order valence-electron chi connectivity index (χ1n) is 11.1. The van der Waals surface area contributed by atoms with Crippen molar-refractivity contribution in [2.45, 2.75) is 31.1 Å². The summed E-state index contributed by atoms with van der Waals surface area (Å²) in [7, 11) is -3.79. The molecule has 0 bridgehead atoms. The highest BCUT2D eigenvalue weighted by molar-refractivity contribution is 7.89. The minimum Gasteiger partial charge on any atom is -0.298 e. The van der Waals surface area contributed by atoms with Gasteiger partial charge >= 0.3 is 0 Å². The number of allylic oxidation sites excluding steroid dienone is 4. The van der Waals surface area contributed by atoms with Crippen LogP contribution in [0.3, 0.4) is 0 Å². The molecule has 1 aromatic carbocycles. The molecule has 174 valence electrons. The molecule has 0 saturated carbocycles. The molecule has 9 heteroatoms. The van der Waals surface area contributed by atoms with Crippen molar-refractivity contribution in [1.29, 1.82) is 0 Å². The molecule has 0 spiro atoms. The van der Waals surface area contributed by atoms with E-state index >= 15 is 0 Å². The third kappa shape index (κ3) is 4.28. The fourth-order valence-corrected chi connectivity index (χ4v) is 6.79. The van der Waals surface area contributed by atoms with Crippen LogP contribution in [0.4, 0.5) is 5.13 Å². The molecule has 1 amide bonds. The second-order valence-electron chi connectivity index (χ2n) is 8.37. The summed E-state index contributed by atoms with van der Waals surface area (Å²) in [6.45, 7) is 2.51. The number of aromatic nitrogens is 2. The summed E-state index contributed by atoms with van der Waals surface area (Å²) in [6, 6.07) is 11.7. The Morgan fingerprint density at radius 3 is 2.88 bits per heavy atom. The lowest BCUT2D eigenvalue weighted by atomic mass is 9.89. The second kappa shape index (κ2) is 9.15. The lowest BCUT2D eigenvalue weighted by molar-refractivity contribution is 0.102. The van der Waals surface area contributed by atoms with Crippen molar-refractivity contribution in [3.63, 3.8) is 0 Å². The molecule has 34 heavy (non-hydrogen) atoms. The van der Waals surface area contributed by atoms with Crippen LogP contribution >= 0.6 is 11.3 Å². The average Bonchev–Trinajstić information content (AvgIpc) is 3.33. The highest BCUT2D eigenvalue weighted by atomic mass is 32.2. The molecule has 1 atom stereocenters. The number of pyridine rings is 1. The van der Waals surface area contributed by atoms with E-state index in [0.29, 0.717) is 23.1 Å². The lowest BCUT2D eigenvalue weighted by Crippen LogP contribution is -2.37. The molecular formula is C25H24N4O3S2. The fourth-order valence-electron chi connectivity index (χ4n) is 4.39. The van der Waals surface area contributed by atoms with Gasteiger partial charge in [-0.3, -0.25) is 19.4 Å². The van der Waals surface area contributed by atoms with Gasteiger partial charge in [0.1, 0.15) is 5.69 Å². The van der Waals surface area contributed by atoms with Gasteiger partial charge in [-0.1, -0.05) is 31.2 Å². The van der Waals surface area contributed by atoms with Crippen molar-refractivity contribution < 1.29 is 13.2 Å². The zero-order valence-electron chi connectivity index (χ0n) is 18.6. The number of sulfonamides is 1. The maximum Gasteiger partial charge on any atom is 0.264 e. The van der Waals surface area contributed by atoms with Crippen LogP contribution in [0, 0.1) is 5.92 Å². The average molecular weight is 493 g/mol. The van der Waals surface area contributed by atoms with E-state index in [4.69, 9.17) is 0 Å². The molecule has 0 radical (unpaired) electrons. The molecule has 1 N–H and O–H groups in total. The molecule has 1 aliphatic heterocycles. The standard InChI is InChI=1S/C25H24N4O3S2/c1-17-7-4-8-18-10-6-14-29(23(17)18)34(31,32)20-11-5-9-19(15-20)24(30)28-25-27-22(16-33-25)21-12-2-3-13-26-21/h2-5,8-9,11-13,15-17H,6-7,10,14H2,1H3,(H,27,28,30). The smallest absolute Gasteiger partial charge is 0.264 e. The Morgan fingerprint density at radius 1 is 1.18 bits per heavy atom. The summed E-state index contributed by atoms with van der Waals surface area (Å²) in [5, 5.41) is 5.02. The van der Waals surface area contributed by atoms with Crippen molar-refractivity contribution in [2.24, 2.45) is 5.92 Å². The van der Waals surface area contributed by atoms with E-state index in [-0.39, 0.29) is 16.4 Å². The summed E-state index contributed by atoms with van der Waals surface area (Å²) in [6.07, 6.45) is 8.33. The summed E-state index contributed by atoms with van der Waals surface area (Å²) in [5.74, 6) is -0.272. The molecule has 2 aromatic heterocycles. The third-order valence-electron chi connectivity index (χ3n) is 6.02. The Balaban J connectivity index is 1.39. The number of hydrogen-bond acceptors (Lipinski definition) is 6. The van der Waals surface area contributed by atoms with Gasteiger partial charge < -0.3 is 0 Å². The van der Waals surface area contributed by atoms with Crippen molar-refractivity contribution in [2.75, 3.05) is 11.9 Å². The minimum absolute atomic E-state index is 0.115. The first kappa shape index (κ1) is 22.5. The Hall–Kier alpha value is -3.30. The van der Waals surface area contributed by atoms with Crippen LogP contribution in [0.1, 0.15) is 36.5 Å². The highest BCUT2D eigenvalue weighted by Gasteiger charge is 2.34. The maximum atomic E-state index is 13.6. The fraction of sp³-hybridized carbons (Fsp3) is 0.240. The number of nitrogens with one attached hydrogen (secondary N) is 1. The molecule has 0 fully saturated rings. The van der Waals surface area contributed by atoms with Crippen molar-refractivity contribution >= 4 is 32.4 Å². The molecule has 5 rings (SSSR count). The van der Waals surface area contributed by atoms with Gasteiger partial charge in [0.15, 0.2) is 5.13 Å². The van der Waals surface area contributed by atoms with Crippen LogP contribution in [-0.4, -0.2) is 35.1 Å². The second-order valence-corrected chi connectivity index (χ2v) is 11.1. The number of carbonyl (C=O) groups excluding carboxylic acids is 1. The van der Waals surface area contributed by atoms with Gasteiger partial charge in [0.2, 0.25) is 0 Å². The SMILES string of the molecule is CC1CC=CC2=C1N(S(=O)(=O)c1cccc(C(=O)Nc3nc(-c4ccccn4)cs3)c1)CCC2. The van der Waals surface area contributed by atoms with E-state index < -0.39 is 15.9 Å². The summed E-state index contributed by atoms with van der Waals surface area (Å²) in [5.41, 5.74) is 3.62. The van der Waals surface area contributed by atoms with E-state index in [0.717, 1.165) is 30.5 Å². The van der Waals surface area contributed by atoms with Gasteiger partial charge in [-0.05, 0) is 55.2 Å². The number of carbonyl (C=O) groups is 1. The first-order valence-corrected chi connectivity index (χ1v) is 13.5. The largest absolute Gasteiger partial charge is 0.298 e. The van der Waals surface area contributed by atoms with Crippen molar-refractivity contribution in [3.05, 3.63) is 83.0 Å². The Kier molecular flexibility index (Phi) is 6.05. The summed E-state index contributed by atoms with van der Waals surface area (Å²) in [4.78, 5) is 21.7. The number of thiazole rings is 1. The van der Waals surface area contributed by atoms with Crippen LogP contribution in [0.5, 0.6) is 0 Å². The Morgan fingerprint density at radius 2 is 2.06 bits per heavy atom. The maximum absolute atomic E-state index is 13.6. The lowest BCUT2D eigenvalue weighted by Gasteiger charge is -2.37. The topological polar surface area (TPSA) is 92.3 Å². The molecule has 3 heterocycles. The van der Waals surface area contributed by atoms with Gasteiger partial charge in [0.05, 0.1) is 10.6 Å². The predicted molar refractivity (Wildman–Crippen MR) is 133 cm³/mol. The van der Waals surface area contributed by atoms with Crippen molar-refractivity contribution in [1.82, 2.24) is 14.3 Å². The van der Waals surface area contributed by atoms with Gasteiger partial charge in [0.25, 0.3) is 15.9 Å². The van der Waals surface area contributed by atoms with E-state index in [9.17, 15) is 13.2 Å². The predicted octanol–water partition coefficient (Wildman–Crippen LogP) is 5.09. The Labute approximate surface area is 202 Å². The van der Waals surface area contributed by atoms with Crippen molar-refractivity contribution in [3.8, 4) is 11.4 Å². The number of benzene rings is 1. The van der Waals surface area contributed by atoms with Crippen LogP contribution in [0.15, 0.2) is 82.4 Å². The van der Waals surface area contributed by atoms with E-state index in [1.807, 2.05) is 29.7 Å². The third-order valence-corrected chi connectivity index (χ3v) is 8.58. The molecular weight excluding hydrogens is 468 g/mol. The van der Waals surface area contributed by atoms with E-state index in [1.165, 1.54) is 21.7 Å². The van der Waals surface area contributed by atoms with Gasteiger partial charge in [-0.15, -0.1) is 11.3 Å². The molecule has 3 aromatic rings. The van der Waals surface area contributed by atoms with Crippen LogP contribution in [-0.2, 0) is 10.0 Å². The minimum atomic E-state index is -3.79. The molecule has 2 aliphatic rings. The van der Waals surface area contributed by atoms with E-state index in [2.05, 4.69) is 28.3 Å². The number of anilines is 1. The molecule has 1 unspecified atom stereocenters. The van der Waals surface area contributed by atoms with Gasteiger partial charge in [-0.25, -0.2) is 13.4 Å². The Bertz CT molecular complexity index is 1390. The number of hydrogen-bond donors (Lipinski definition) is 1. The summed E-state index contributed by atoms with van der Waals surface area (Å²) >= 11 is 1.29. The van der Waals surface area contributed by atoms with Gasteiger partial charge in [0, 0.05) is 35.3 Å². The summed E-state index contributed by atoms with van der Waals surface area (Å²) < 4.78 is 28.7. The highest BCUT2D eigenvalue weighted by Crippen LogP contribution is 2.37. The molecule has 1 aliphatic carbocycles. The van der Waals surface area contributed by atoms with Crippen LogP contribution < -0.4 is 5.32 Å². The van der Waals surface area contributed by atoms with Crippen LogP contribution in [0.25, 0.3) is 11.4 Å². The zero-order chi connectivity index (χ0) is 23.7.